The molecular formula is C31H25F5N2O3S. The lowest BCUT2D eigenvalue weighted by atomic mass is 9.92. The van der Waals surface area contributed by atoms with Crippen molar-refractivity contribution < 1.29 is 31.5 Å². The van der Waals surface area contributed by atoms with Crippen molar-refractivity contribution in [1.82, 2.24) is 10.0 Å². The Morgan fingerprint density at radius 1 is 0.976 bits per heavy atom. The van der Waals surface area contributed by atoms with Crippen LogP contribution in [0.25, 0.3) is 22.5 Å². The molecule has 2 heterocycles. The van der Waals surface area contributed by atoms with E-state index in [9.17, 15) is 18.0 Å². The first-order chi connectivity index (χ1) is 20.1. The normalized spacial score (nSPS) is 14.1. The van der Waals surface area contributed by atoms with E-state index >= 15 is 8.78 Å². The van der Waals surface area contributed by atoms with Gasteiger partial charge < -0.3 is 4.74 Å². The summed E-state index contributed by atoms with van der Waals surface area (Å²) in [6, 6.07) is 15.7. The molecule has 0 saturated carbocycles. The molecule has 0 saturated heterocycles. The van der Waals surface area contributed by atoms with Gasteiger partial charge in [-0.05, 0) is 48.4 Å². The number of nitrogens with zero attached hydrogens (tertiary/aromatic N) is 1. The van der Waals surface area contributed by atoms with Gasteiger partial charge in [0.05, 0.1) is 41.8 Å². The van der Waals surface area contributed by atoms with Gasteiger partial charge in [0.2, 0.25) is 0 Å². The molecule has 1 aliphatic heterocycles. The fourth-order valence-corrected chi connectivity index (χ4v) is 6.38. The number of thioether (sulfide) groups is 1. The van der Waals surface area contributed by atoms with Crippen molar-refractivity contribution >= 4 is 23.2 Å². The van der Waals surface area contributed by atoms with E-state index in [-0.39, 0.29) is 33.8 Å². The van der Waals surface area contributed by atoms with Gasteiger partial charge in [-0.1, -0.05) is 36.4 Å². The number of nitrogens with one attached hydrogen (secondary N) is 1. The minimum Gasteiger partial charge on any atom is -0.497 e. The Morgan fingerprint density at radius 3 is 2.38 bits per heavy atom. The first-order valence-corrected chi connectivity index (χ1v) is 13.7. The van der Waals surface area contributed by atoms with Crippen LogP contribution in [0.2, 0.25) is 0 Å². The third kappa shape index (κ3) is 5.30. The largest absolute Gasteiger partial charge is 0.497 e. The number of fused-ring (bicyclic) bond motifs is 1. The Morgan fingerprint density at radius 2 is 1.71 bits per heavy atom. The number of hydrogen-bond donors (Lipinski definition) is 1. The van der Waals surface area contributed by atoms with Gasteiger partial charge in [0, 0.05) is 28.9 Å². The molecule has 0 atom stereocenters. The summed E-state index contributed by atoms with van der Waals surface area (Å²) in [5, 5.41) is 0.335. The number of pyridine rings is 1. The zero-order valence-corrected chi connectivity index (χ0v) is 23.6. The maximum Gasteiger partial charge on any atom is 0.416 e. The van der Waals surface area contributed by atoms with E-state index in [0.29, 0.717) is 22.0 Å². The van der Waals surface area contributed by atoms with Crippen molar-refractivity contribution in [2.24, 2.45) is 0 Å². The van der Waals surface area contributed by atoms with Gasteiger partial charge in [0.25, 0.3) is 5.56 Å². The van der Waals surface area contributed by atoms with Crippen molar-refractivity contribution in [2.45, 2.75) is 24.5 Å². The maximum absolute atomic E-state index is 15.3. The molecule has 4 aromatic rings. The van der Waals surface area contributed by atoms with Gasteiger partial charge >= 0.3 is 6.18 Å². The Balaban J connectivity index is 1.87. The van der Waals surface area contributed by atoms with Crippen molar-refractivity contribution in [1.29, 1.82) is 0 Å². The van der Waals surface area contributed by atoms with Crippen LogP contribution in [-0.4, -0.2) is 24.5 Å². The van der Waals surface area contributed by atoms with Gasteiger partial charge in [-0.3, -0.25) is 19.7 Å². The molecule has 0 radical (unpaired) electrons. The van der Waals surface area contributed by atoms with Crippen LogP contribution in [0, 0.1) is 18.6 Å². The van der Waals surface area contributed by atoms with Crippen molar-refractivity contribution in [3.8, 4) is 16.9 Å². The zero-order valence-electron chi connectivity index (χ0n) is 22.7. The monoisotopic (exact) mass is 600 g/mol. The number of hydrogen-bond acceptors (Lipinski definition) is 5. The predicted molar refractivity (Wildman–Crippen MR) is 152 cm³/mol. The molecule has 3 aromatic carbocycles. The molecule has 1 aliphatic rings. The zero-order chi connectivity index (χ0) is 30.2. The smallest absolute Gasteiger partial charge is 0.416 e. The van der Waals surface area contributed by atoms with Crippen LogP contribution in [0.15, 0.2) is 76.6 Å². The number of methoxy groups -OCH3 is 1. The lowest BCUT2D eigenvalue weighted by Gasteiger charge is -2.21. The average molecular weight is 601 g/mol. The SMILES string of the molecule is CONC(=C1CSc2c(Cc3c(F)cccc3C(F)(F)F)c(C)c(-c3cc(OC)ccc3F)c(=O)n21)c1ccccc1. The Bertz CT molecular complexity index is 1750. The molecule has 218 valence electrons. The van der Waals surface area contributed by atoms with Crippen molar-refractivity contribution in [3.63, 3.8) is 0 Å². The van der Waals surface area contributed by atoms with E-state index < -0.39 is 40.9 Å². The molecule has 11 heteroatoms. The van der Waals surface area contributed by atoms with E-state index in [1.54, 1.807) is 24.3 Å². The minimum absolute atomic E-state index is 0.0696. The second kappa shape index (κ2) is 11.7. The molecule has 0 fully saturated rings. The summed E-state index contributed by atoms with van der Waals surface area (Å²) in [4.78, 5) is 19.5. The number of aromatic nitrogens is 1. The van der Waals surface area contributed by atoms with Gasteiger partial charge in [0.15, 0.2) is 0 Å². The van der Waals surface area contributed by atoms with Crippen LogP contribution < -0.4 is 15.8 Å². The van der Waals surface area contributed by atoms with Crippen LogP contribution >= 0.6 is 11.8 Å². The molecule has 42 heavy (non-hydrogen) atoms. The molecule has 0 bridgehead atoms. The molecule has 1 aromatic heterocycles. The topological polar surface area (TPSA) is 52.5 Å². The second-order valence-electron chi connectivity index (χ2n) is 9.49. The van der Waals surface area contributed by atoms with E-state index in [1.807, 2.05) is 6.07 Å². The number of rotatable bonds is 7. The van der Waals surface area contributed by atoms with E-state index in [1.165, 1.54) is 49.6 Å². The fraction of sp³-hybridized carbons (Fsp3) is 0.194. The third-order valence-corrected chi connectivity index (χ3v) is 8.22. The van der Waals surface area contributed by atoms with Crippen LogP contribution in [0.3, 0.4) is 0 Å². The first-order valence-electron chi connectivity index (χ1n) is 12.7. The fourth-order valence-electron chi connectivity index (χ4n) is 5.11. The van der Waals surface area contributed by atoms with E-state index in [4.69, 9.17) is 9.57 Å². The molecule has 5 rings (SSSR count). The lowest BCUT2D eigenvalue weighted by Crippen LogP contribution is -2.26. The molecule has 1 N–H and O–H groups in total. The van der Waals surface area contributed by atoms with Gasteiger partial charge in [-0.2, -0.15) is 13.2 Å². The van der Waals surface area contributed by atoms with Crippen molar-refractivity contribution in [3.05, 3.63) is 117 Å². The molecule has 0 amide bonds. The highest BCUT2D eigenvalue weighted by molar-refractivity contribution is 8.00. The Hall–Kier alpha value is -4.09. The van der Waals surface area contributed by atoms with E-state index in [0.717, 1.165) is 24.3 Å². The Labute approximate surface area is 242 Å². The first kappa shape index (κ1) is 29.4. The van der Waals surface area contributed by atoms with Crippen molar-refractivity contribution in [2.75, 3.05) is 20.0 Å². The lowest BCUT2D eigenvalue weighted by molar-refractivity contribution is -0.138. The summed E-state index contributed by atoms with van der Waals surface area (Å²) in [6.45, 7) is 1.54. The number of halogens is 5. The standard InChI is InChI=1S/C31H25F5N2O3S/c1-17-20(15-21-23(31(34,35)36)10-7-11-24(21)32)30-38(29(39)27(17)22-14-19(40-2)12-13-25(22)33)26(16-42-30)28(37-41-3)18-8-5-4-6-9-18/h4-14,37H,15-16H2,1-3H3. The second-order valence-corrected chi connectivity index (χ2v) is 10.5. The number of ether oxygens (including phenoxy) is 1. The summed E-state index contributed by atoms with van der Waals surface area (Å²) >= 11 is 1.22. The van der Waals surface area contributed by atoms with Gasteiger partial charge in [0.1, 0.15) is 17.4 Å². The summed E-state index contributed by atoms with van der Waals surface area (Å²) < 4.78 is 78.9. The average Bonchev–Trinajstić information content (AvgIpc) is 3.40. The number of hydroxylamine groups is 1. The highest BCUT2D eigenvalue weighted by Crippen LogP contribution is 2.43. The number of benzene rings is 3. The van der Waals surface area contributed by atoms with E-state index in [2.05, 4.69) is 5.48 Å². The van der Waals surface area contributed by atoms with Crippen LogP contribution in [0.1, 0.15) is 27.8 Å². The van der Waals surface area contributed by atoms with Gasteiger partial charge in [-0.25, -0.2) is 8.78 Å². The molecule has 0 unspecified atom stereocenters. The quantitative estimate of drug-likeness (QED) is 0.178. The summed E-state index contributed by atoms with van der Waals surface area (Å²) in [7, 11) is 2.80. The molecule has 0 aliphatic carbocycles. The number of alkyl halides is 3. The van der Waals surface area contributed by atoms with Crippen LogP contribution in [0.4, 0.5) is 22.0 Å². The Kier molecular flexibility index (Phi) is 8.16. The van der Waals surface area contributed by atoms with Crippen LogP contribution in [0.5, 0.6) is 5.75 Å². The van der Waals surface area contributed by atoms with Gasteiger partial charge in [-0.15, -0.1) is 11.8 Å². The summed E-state index contributed by atoms with van der Waals surface area (Å²) in [6.07, 6.45) is -5.30. The minimum atomic E-state index is -4.82. The maximum atomic E-state index is 15.3. The highest BCUT2D eigenvalue weighted by Gasteiger charge is 2.36. The highest BCUT2D eigenvalue weighted by atomic mass is 32.2. The summed E-state index contributed by atoms with van der Waals surface area (Å²) in [5.74, 6) is -1.25. The summed E-state index contributed by atoms with van der Waals surface area (Å²) in [5.41, 5.74) is 2.47. The third-order valence-electron chi connectivity index (χ3n) is 7.10. The van der Waals surface area contributed by atoms with Crippen LogP contribution in [-0.2, 0) is 17.4 Å². The molecule has 0 spiro atoms. The predicted octanol–water partition coefficient (Wildman–Crippen LogP) is 7.30. The molecular weight excluding hydrogens is 575 g/mol. The molecule has 5 nitrogen and oxygen atoms in total.